The van der Waals surface area contributed by atoms with Crippen molar-refractivity contribution in [3.8, 4) is 22.3 Å². The molecule has 6 aromatic carbocycles. The lowest BCUT2D eigenvalue weighted by Crippen LogP contribution is -2.22. The third-order valence-corrected chi connectivity index (χ3v) is 9.93. The van der Waals surface area contributed by atoms with E-state index in [1.807, 2.05) is 0 Å². The highest BCUT2D eigenvalue weighted by molar-refractivity contribution is 7.80. The Labute approximate surface area is 233 Å². The van der Waals surface area contributed by atoms with Crippen LogP contribution in [0.2, 0.25) is 0 Å². The summed E-state index contributed by atoms with van der Waals surface area (Å²) in [6.07, 6.45) is 2.24. The number of hydrogen-bond acceptors (Lipinski definition) is 0. The summed E-state index contributed by atoms with van der Waals surface area (Å²) in [6.45, 7) is 4.38. The van der Waals surface area contributed by atoms with Crippen LogP contribution in [0.25, 0.3) is 38.6 Å². The monoisotopic (exact) mass is 518 g/mol. The van der Waals surface area contributed by atoms with Crippen molar-refractivity contribution < 1.29 is 0 Å². The number of benzene rings is 6. The Morgan fingerprint density at radius 3 is 1.67 bits per heavy atom. The van der Waals surface area contributed by atoms with Crippen molar-refractivity contribution in [1.29, 1.82) is 0 Å². The zero-order chi connectivity index (χ0) is 26.6. The second kappa shape index (κ2) is 11.2. The third-order valence-electron chi connectivity index (χ3n) is 7.43. The van der Waals surface area contributed by atoms with Gasteiger partial charge in [0.2, 0.25) is 0 Å². The molecule has 0 aliphatic rings. The fourth-order valence-corrected chi connectivity index (χ4v) is 7.91. The molecule has 0 N–H and O–H groups in total. The van der Waals surface area contributed by atoms with Crippen LogP contribution in [-0.2, 0) is 0 Å². The van der Waals surface area contributed by atoms with Crippen molar-refractivity contribution in [2.24, 2.45) is 0 Å². The highest BCUT2D eigenvalue weighted by Gasteiger charge is 2.23. The molecule has 0 amide bonds. The highest BCUT2D eigenvalue weighted by atomic mass is 31.1. The maximum atomic E-state index is 2.41. The second-order valence-corrected chi connectivity index (χ2v) is 11.9. The van der Waals surface area contributed by atoms with Crippen molar-refractivity contribution in [2.75, 3.05) is 0 Å². The molecule has 188 valence electrons. The van der Waals surface area contributed by atoms with Crippen LogP contribution < -0.4 is 15.9 Å². The molecule has 0 unspecified atom stereocenters. The minimum absolute atomic E-state index is 0.753. The number of rotatable bonds is 6. The maximum absolute atomic E-state index is 2.41. The average molecular weight is 519 g/mol. The molecule has 39 heavy (non-hydrogen) atoms. The zero-order valence-electron chi connectivity index (χ0n) is 22.4. The van der Waals surface area contributed by atoms with Crippen LogP contribution in [-0.4, -0.2) is 0 Å². The second-order valence-electron chi connectivity index (χ2n) is 9.75. The Bertz CT molecular complexity index is 1710. The SMILES string of the molecule is CC=C(C)c1cc(-c2ccccc2)c2ccccc2c1-c1ccccc1P(c1ccccc1)c1ccccc1. The number of hydrogen-bond donors (Lipinski definition) is 0. The standard InChI is InChI=1S/C38H31P/c1-3-28(2)35-27-36(29-17-7-4-8-18-29)32-23-13-14-24-33(32)38(35)34-25-15-16-26-37(34)39(30-19-9-5-10-20-30)31-21-11-6-12-22-31/h3-27H,1-2H3. The van der Waals surface area contributed by atoms with Gasteiger partial charge in [0, 0.05) is 0 Å². The van der Waals surface area contributed by atoms with Gasteiger partial charge in [-0.05, 0) is 87.9 Å². The smallest absolute Gasteiger partial charge is 0.00232 e. The summed E-state index contributed by atoms with van der Waals surface area (Å²) in [7, 11) is -0.753. The lowest BCUT2D eigenvalue weighted by Gasteiger charge is -2.25. The summed E-state index contributed by atoms with van der Waals surface area (Å²) >= 11 is 0. The van der Waals surface area contributed by atoms with Gasteiger partial charge in [-0.2, -0.15) is 0 Å². The lowest BCUT2D eigenvalue weighted by atomic mass is 9.85. The molecule has 0 heterocycles. The number of fused-ring (bicyclic) bond motifs is 1. The van der Waals surface area contributed by atoms with Crippen molar-refractivity contribution >= 4 is 40.2 Å². The van der Waals surface area contributed by atoms with Gasteiger partial charge < -0.3 is 0 Å². The molecular formula is C38H31P. The van der Waals surface area contributed by atoms with E-state index >= 15 is 0 Å². The molecule has 6 rings (SSSR count). The van der Waals surface area contributed by atoms with Gasteiger partial charge in [0.25, 0.3) is 0 Å². The normalized spacial score (nSPS) is 11.7. The first-order valence-electron chi connectivity index (χ1n) is 13.5. The molecule has 0 radical (unpaired) electrons. The van der Waals surface area contributed by atoms with Crippen molar-refractivity contribution in [3.63, 3.8) is 0 Å². The predicted octanol–water partition coefficient (Wildman–Crippen LogP) is 9.36. The summed E-state index contributed by atoms with van der Waals surface area (Å²) in [5.74, 6) is 0. The summed E-state index contributed by atoms with van der Waals surface area (Å²) in [5, 5.41) is 6.68. The molecular weight excluding hydrogens is 487 g/mol. The summed E-state index contributed by atoms with van der Waals surface area (Å²) in [5.41, 5.74) is 7.72. The molecule has 0 aliphatic carbocycles. The molecule has 0 fully saturated rings. The van der Waals surface area contributed by atoms with Crippen LogP contribution >= 0.6 is 7.92 Å². The van der Waals surface area contributed by atoms with Gasteiger partial charge in [-0.3, -0.25) is 0 Å². The first kappa shape index (κ1) is 25.1. The third kappa shape index (κ3) is 4.85. The van der Waals surface area contributed by atoms with Crippen LogP contribution in [0.1, 0.15) is 19.4 Å². The maximum Gasteiger partial charge on any atom is -0.00232 e. The molecule has 0 saturated heterocycles. The van der Waals surface area contributed by atoms with Gasteiger partial charge in [-0.1, -0.05) is 146 Å². The fourth-order valence-electron chi connectivity index (χ4n) is 5.45. The van der Waals surface area contributed by atoms with E-state index < -0.39 is 7.92 Å². The number of allylic oxidation sites excluding steroid dienone is 2. The van der Waals surface area contributed by atoms with E-state index in [1.54, 1.807) is 0 Å². The van der Waals surface area contributed by atoms with E-state index in [0.29, 0.717) is 0 Å². The van der Waals surface area contributed by atoms with Crippen molar-refractivity contribution in [1.82, 2.24) is 0 Å². The summed E-state index contributed by atoms with van der Waals surface area (Å²) < 4.78 is 0. The highest BCUT2D eigenvalue weighted by Crippen LogP contribution is 2.44. The van der Waals surface area contributed by atoms with Gasteiger partial charge >= 0.3 is 0 Å². The summed E-state index contributed by atoms with van der Waals surface area (Å²) in [4.78, 5) is 0. The van der Waals surface area contributed by atoms with Crippen LogP contribution in [0, 0.1) is 0 Å². The quantitative estimate of drug-likeness (QED) is 0.193. The molecule has 0 atom stereocenters. The van der Waals surface area contributed by atoms with Gasteiger partial charge in [0.1, 0.15) is 0 Å². The van der Waals surface area contributed by atoms with Crippen LogP contribution in [0.3, 0.4) is 0 Å². The van der Waals surface area contributed by atoms with Gasteiger partial charge in [0.15, 0.2) is 0 Å². The lowest BCUT2D eigenvalue weighted by molar-refractivity contribution is 1.54. The van der Waals surface area contributed by atoms with Gasteiger partial charge in [-0.15, -0.1) is 0 Å². The first-order chi connectivity index (χ1) is 19.3. The predicted molar refractivity (Wildman–Crippen MR) is 173 cm³/mol. The van der Waals surface area contributed by atoms with Crippen molar-refractivity contribution in [3.05, 3.63) is 157 Å². The topological polar surface area (TPSA) is 0 Å². The van der Waals surface area contributed by atoms with Crippen LogP contribution in [0.15, 0.2) is 152 Å². The molecule has 0 nitrogen and oxygen atoms in total. The van der Waals surface area contributed by atoms with Crippen LogP contribution in [0.5, 0.6) is 0 Å². The first-order valence-corrected chi connectivity index (χ1v) is 14.8. The molecule has 1 heteroatoms. The molecule has 6 aromatic rings. The molecule has 0 spiro atoms. The van der Waals surface area contributed by atoms with E-state index in [0.717, 1.165) is 0 Å². The molecule has 0 aromatic heterocycles. The Hall–Kier alpha value is -4.25. The largest absolute Gasteiger partial charge is 0.0841 e. The van der Waals surface area contributed by atoms with E-state index in [1.165, 1.54) is 60.1 Å². The Kier molecular flexibility index (Phi) is 7.22. The van der Waals surface area contributed by atoms with E-state index in [-0.39, 0.29) is 0 Å². The molecule has 0 aliphatic heterocycles. The van der Waals surface area contributed by atoms with E-state index in [4.69, 9.17) is 0 Å². The van der Waals surface area contributed by atoms with Crippen LogP contribution in [0.4, 0.5) is 0 Å². The Morgan fingerprint density at radius 1 is 0.538 bits per heavy atom. The minimum atomic E-state index is -0.753. The van der Waals surface area contributed by atoms with E-state index in [2.05, 4.69) is 166 Å². The molecule has 0 bridgehead atoms. The molecule has 0 saturated carbocycles. The van der Waals surface area contributed by atoms with Crippen molar-refractivity contribution in [2.45, 2.75) is 13.8 Å². The fraction of sp³-hybridized carbons (Fsp3) is 0.0526. The van der Waals surface area contributed by atoms with Gasteiger partial charge in [-0.25, -0.2) is 0 Å². The Balaban J connectivity index is 1.70. The van der Waals surface area contributed by atoms with Gasteiger partial charge in [0.05, 0.1) is 0 Å². The summed E-state index contributed by atoms with van der Waals surface area (Å²) in [6, 6.07) is 53.1. The minimum Gasteiger partial charge on any atom is -0.0841 e. The van der Waals surface area contributed by atoms with E-state index in [9.17, 15) is 0 Å². The Morgan fingerprint density at radius 2 is 1.05 bits per heavy atom. The zero-order valence-corrected chi connectivity index (χ0v) is 23.3. The average Bonchev–Trinajstić information content (AvgIpc) is 3.02.